The molecule has 0 spiro atoms. The Morgan fingerprint density at radius 3 is 2.30 bits per heavy atom. The molecule has 0 saturated carbocycles. The Bertz CT molecular complexity index is 615. The van der Waals surface area contributed by atoms with Crippen molar-refractivity contribution in [2.24, 2.45) is 0 Å². The molecule has 0 bridgehead atoms. The highest BCUT2D eigenvalue weighted by atomic mass is 79.9. The van der Waals surface area contributed by atoms with E-state index in [0.717, 1.165) is 11.0 Å². The summed E-state index contributed by atoms with van der Waals surface area (Å²) >= 11 is 3.36. The number of rotatable bonds is 4. The van der Waals surface area contributed by atoms with Crippen LogP contribution in [0.4, 0.5) is 8.78 Å². The lowest BCUT2D eigenvalue weighted by atomic mass is 10.2. The van der Waals surface area contributed by atoms with Gasteiger partial charge in [-0.05, 0) is 54.0 Å². The summed E-state index contributed by atoms with van der Waals surface area (Å²) in [5.41, 5.74) is 1.79. The van der Waals surface area contributed by atoms with Gasteiger partial charge >= 0.3 is 0 Å². The number of aryl methyl sites for hydroxylation is 1. The van der Waals surface area contributed by atoms with Gasteiger partial charge in [-0.3, -0.25) is 0 Å². The van der Waals surface area contributed by atoms with Crippen LogP contribution in [0.1, 0.15) is 23.9 Å². The van der Waals surface area contributed by atoms with Gasteiger partial charge < -0.3 is 5.32 Å². The summed E-state index contributed by atoms with van der Waals surface area (Å²) in [5.74, 6) is -1.23. The highest BCUT2D eigenvalue weighted by molar-refractivity contribution is 9.10. The Morgan fingerprint density at radius 2 is 1.85 bits per heavy atom. The van der Waals surface area contributed by atoms with E-state index in [1.54, 1.807) is 13.8 Å². The average molecular weight is 344 g/mol. The van der Waals surface area contributed by atoms with E-state index < -0.39 is 11.6 Å². The summed E-state index contributed by atoms with van der Waals surface area (Å²) in [4.78, 5) is 0. The lowest BCUT2D eigenvalue weighted by Gasteiger charge is -2.10. The highest BCUT2D eigenvalue weighted by Crippen LogP contribution is 2.26. The normalized spacial score (nSPS) is 11.1. The fraction of sp³-hybridized carbons (Fsp3) is 0.357. The molecule has 0 saturated heterocycles. The lowest BCUT2D eigenvalue weighted by Crippen LogP contribution is -2.13. The molecule has 1 heterocycles. The average Bonchev–Trinajstić information content (AvgIpc) is 2.64. The van der Waals surface area contributed by atoms with E-state index in [1.165, 1.54) is 16.8 Å². The monoisotopic (exact) mass is 343 g/mol. The first-order chi connectivity index (χ1) is 9.45. The molecule has 0 unspecified atom stereocenters. The fourth-order valence-electron chi connectivity index (χ4n) is 2.03. The van der Waals surface area contributed by atoms with Gasteiger partial charge in [0.05, 0.1) is 15.9 Å². The van der Waals surface area contributed by atoms with Gasteiger partial charge in [0.25, 0.3) is 0 Å². The number of hydrogen-bond donors (Lipinski definition) is 1. The predicted molar refractivity (Wildman–Crippen MR) is 78.0 cm³/mol. The third kappa shape index (κ3) is 2.76. The number of nitrogens with zero attached hydrogens (tertiary/aromatic N) is 2. The van der Waals surface area contributed by atoms with E-state index in [1.807, 2.05) is 6.92 Å². The Hall–Kier alpha value is -1.27. The maximum Gasteiger partial charge on any atom is 0.152 e. The van der Waals surface area contributed by atoms with Gasteiger partial charge in [-0.1, -0.05) is 6.92 Å². The van der Waals surface area contributed by atoms with Crippen LogP contribution >= 0.6 is 15.9 Å². The van der Waals surface area contributed by atoms with Crippen molar-refractivity contribution in [3.05, 3.63) is 45.2 Å². The first kappa shape index (κ1) is 15.1. The molecule has 0 amide bonds. The van der Waals surface area contributed by atoms with E-state index in [-0.39, 0.29) is 5.69 Å². The number of benzene rings is 1. The minimum absolute atomic E-state index is 0.142. The topological polar surface area (TPSA) is 29.9 Å². The fourth-order valence-corrected chi connectivity index (χ4v) is 2.28. The van der Waals surface area contributed by atoms with Crippen molar-refractivity contribution in [2.75, 3.05) is 6.54 Å². The van der Waals surface area contributed by atoms with Crippen LogP contribution in [0, 0.1) is 25.5 Å². The number of nitrogens with one attached hydrogen (secondary N) is 1. The van der Waals surface area contributed by atoms with Crippen LogP contribution in [-0.4, -0.2) is 16.3 Å². The van der Waals surface area contributed by atoms with Crippen molar-refractivity contribution < 1.29 is 8.78 Å². The van der Waals surface area contributed by atoms with Crippen LogP contribution in [0.3, 0.4) is 0 Å². The Balaban J connectivity index is 2.49. The first-order valence-corrected chi connectivity index (χ1v) is 7.15. The third-order valence-electron chi connectivity index (χ3n) is 3.07. The smallest absolute Gasteiger partial charge is 0.152 e. The summed E-state index contributed by atoms with van der Waals surface area (Å²) in [6.07, 6.45) is 0. The minimum Gasteiger partial charge on any atom is -0.313 e. The summed E-state index contributed by atoms with van der Waals surface area (Å²) in [5, 5.41) is 7.21. The van der Waals surface area contributed by atoms with Crippen LogP contribution in [0.5, 0.6) is 0 Å². The quantitative estimate of drug-likeness (QED) is 0.918. The van der Waals surface area contributed by atoms with E-state index in [2.05, 4.69) is 26.3 Å². The molecule has 1 N–H and O–H groups in total. The lowest BCUT2D eigenvalue weighted by molar-refractivity contribution is 0.551. The molecule has 3 nitrogen and oxygen atoms in total. The summed E-state index contributed by atoms with van der Waals surface area (Å²) in [6, 6.07) is 2.68. The predicted octanol–water partition coefficient (Wildman–Crippen LogP) is 3.64. The van der Waals surface area contributed by atoms with Crippen molar-refractivity contribution in [3.8, 4) is 5.69 Å². The molecule has 0 atom stereocenters. The third-order valence-corrected chi connectivity index (χ3v) is 4.22. The molecule has 1 aromatic carbocycles. The van der Waals surface area contributed by atoms with Gasteiger partial charge in [0, 0.05) is 6.54 Å². The van der Waals surface area contributed by atoms with E-state index in [9.17, 15) is 8.78 Å². The van der Waals surface area contributed by atoms with E-state index in [4.69, 9.17) is 0 Å². The van der Waals surface area contributed by atoms with E-state index in [0.29, 0.717) is 23.5 Å². The molecule has 6 heteroatoms. The zero-order valence-electron chi connectivity index (χ0n) is 11.6. The van der Waals surface area contributed by atoms with E-state index >= 15 is 0 Å². The number of hydrogen-bond acceptors (Lipinski definition) is 2. The highest BCUT2D eigenvalue weighted by Gasteiger charge is 2.18. The molecule has 0 aliphatic carbocycles. The second-order valence-corrected chi connectivity index (χ2v) is 5.38. The van der Waals surface area contributed by atoms with Crippen LogP contribution in [0.25, 0.3) is 5.69 Å². The van der Waals surface area contributed by atoms with Crippen molar-refractivity contribution >= 4 is 15.9 Å². The van der Waals surface area contributed by atoms with Crippen LogP contribution < -0.4 is 5.32 Å². The first-order valence-electron chi connectivity index (χ1n) is 6.36. The second kappa shape index (κ2) is 6.01. The maximum absolute atomic E-state index is 14.2. The van der Waals surface area contributed by atoms with Gasteiger partial charge in [0.15, 0.2) is 11.6 Å². The maximum atomic E-state index is 14.2. The van der Waals surface area contributed by atoms with Gasteiger partial charge in [-0.25, -0.2) is 13.5 Å². The van der Waals surface area contributed by atoms with Crippen molar-refractivity contribution in [3.63, 3.8) is 0 Å². The molecule has 108 valence electrons. The van der Waals surface area contributed by atoms with Crippen molar-refractivity contribution in [1.29, 1.82) is 0 Å². The Morgan fingerprint density at radius 1 is 1.25 bits per heavy atom. The van der Waals surface area contributed by atoms with Crippen molar-refractivity contribution in [2.45, 2.75) is 27.3 Å². The van der Waals surface area contributed by atoms with Crippen molar-refractivity contribution in [1.82, 2.24) is 15.1 Å². The molecule has 0 aliphatic heterocycles. The Kier molecular flexibility index (Phi) is 4.55. The largest absolute Gasteiger partial charge is 0.313 e. The number of aromatic nitrogens is 2. The van der Waals surface area contributed by atoms with Gasteiger partial charge in [-0.2, -0.15) is 5.10 Å². The minimum atomic E-state index is -0.615. The molecule has 2 rings (SSSR count). The molecular formula is C14H16BrF2N3. The van der Waals surface area contributed by atoms with Crippen LogP contribution in [0.15, 0.2) is 16.6 Å². The zero-order valence-corrected chi connectivity index (χ0v) is 13.2. The molecule has 1 aromatic heterocycles. The zero-order chi connectivity index (χ0) is 14.9. The van der Waals surface area contributed by atoms with Gasteiger partial charge in [0.2, 0.25) is 0 Å². The molecule has 20 heavy (non-hydrogen) atoms. The van der Waals surface area contributed by atoms with Gasteiger partial charge in [0.1, 0.15) is 5.69 Å². The standard InChI is InChI=1S/C14H16BrF2N3/c1-4-18-7-10-5-11(16)14(12(17)6-10)20-9(3)13(15)8(2)19-20/h5-6,18H,4,7H2,1-3H3. The Labute approximate surface area is 125 Å². The van der Waals surface area contributed by atoms with Crippen LogP contribution in [0.2, 0.25) is 0 Å². The summed E-state index contributed by atoms with van der Waals surface area (Å²) < 4.78 is 30.5. The molecule has 0 radical (unpaired) electrons. The summed E-state index contributed by atoms with van der Waals surface area (Å²) in [7, 11) is 0. The molecule has 0 fully saturated rings. The second-order valence-electron chi connectivity index (χ2n) is 4.59. The molecular weight excluding hydrogens is 328 g/mol. The molecule has 0 aliphatic rings. The summed E-state index contributed by atoms with van der Waals surface area (Å²) in [6.45, 7) is 6.66. The number of halogens is 3. The SMILES string of the molecule is CCNCc1cc(F)c(-n2nc(C)c(Br)c2C)c(F)c1. The van der Waals surface area contributed by atoms with Crippen LogP contribution in [-0.2, 0) is 6.54 Å². The molecule has 2 aromatic rings. The van der Waals surface area contributed by atoms with Gasteiger partial charge in [-0.15, -0.1) is 0 Å².